The summed E-state index contributed by atoms with van der Waals surface area (Å²) in [4.78, 5) is 13.3. The highest BCUT2D eigenvalue weighted by atomic mass is 35.5. The molecule has 1 amide bonds. The van der Waals surface area contributed by atoms with Crippen LogP contribution in [-0.4, -0.2) is 16.8 Å². The standard InChI is InChI=1S/C12H12Cl2FNO/c1-7-2-3-12(17)16(7)6-8-4-11(15)10(14)5-9(8)13/h4-5,7H,2-3,6H2,1H3/t7-/m1/s1. The van der Waals surface area contributed by atoms with Crippen molar-refractivity contribution >= 4 is 29.1 Å². The quantitative estimate of drug-likeness (QED) is 0.755. The number of nitrogens with zero attached hydrogens (tertiary/aromatic N) is 1. The average molecular weight is 276 g/mol. The van der Waals surface area contributed by atoms with Crippen LogP contribution < -0.4 is 0 Å². The van der Waals surface area contributed by atoms with Gasteiger partial charge in [-0.3, -0.25) is 4.79 Å². The minimum Gasteiger partial charge on any atom is -0.336 e. The Kier molecular flexibility index (Phi) is 3.59. The molecule has 0 saturated carbocycles. The maximum Gasteiger partial charge on any atom is 0.223 e. The summed E-state index contributed by atoms with van der Waals surface area (Å²) in [6.45, 7) is 2.32. The highest BCUT2D eigenvalue weighted by Gasteiger charge is 2.28. The van der Waals surface area contributed by atoms with Gasteiger partial charge in [-0.15, -0.1) is 0 Å². The van der Waals surface area contributed by atoms with Crippen molar-refractivity contribution < 1.29 is 9.18 Å². The van der Waals surface area contributed by atoms with Crippen molar-refractivity contribution in [3.05, 3.63) is 33.6 Å². The van der Waals surface area contributed by atoms with Crippen LogP contribution in [0.4, 0.5) is 4.39 Å². The second-order valence-electron chi connectivity index (χ2n) is 4.27. The van der Waals surface area contributed by atoms with Crippen molar-refractivity contribution in [2.75, 3.05) is 0 Å². The summed E-state index contributed by atoms with van der Waals surface area (Å²) in [5.41, 5.74) is 0.593. The Labute approximate surface area is 109 Å². The fourth-order valence-electron chi connectivity index (χ4n) is 1.99. The molecule has 0 N–H and O–H groups in total. The molecular formula is C12H12Cl2FNO. The molecule has 2 rings (SSSR count). The lowest BCUT2D eigenvalue weighted by Crippen LogP contribution is -2.30. The van der Waals surface area contributed by atoms with E-state index in [0.717, 1.165) is 6.42 Å². The van der Waals surface area contributed by atoms with E-state index in [1.165, 1.54) is 12.1 Å². The second kappa shape index (κ2) is 4.83. The molecule has 1 aliphatic rings. The van der Waals surface area contributed by atoms with Gasteiger partial charge in [-0.25, -0.2) is 4.39 Å². The topological polar surface area (TPSA) is 20.3 Å². The van der Waals surface area contributed by atoms with E-state index >= 15 is 0 Å². The number of benzene rings is 1. The zero-order chi connectivity index (χ0) is 12.6. The zero-order valence-electron chi connectivity index (χ0n) is 9.34. The van der Waals surface area contributed by atoms with Gasteiger partial charge in [0.15, 0.2) is 0 Å². The summed E-state index contributed by atoms with van der Waals surface area (Å²) in [6.07, 6.45) is 1.39. The fraction of sp³-hybridized carbons (Fsp3) is 0.417. The lowest BCUT2D eigenvalue weighted by Gasteiger charge is -2.22. The first-order valence-corrected chi connectivity index (χ1v) is 6.17. The predicted molar refractivity (Wildman–Crippen MR) is 65.7 cm³/mol. The van der Waals surface area contributed by atoms with Crippen LogP contribution in [0.2, 0.25) is 10.0 Å². The van der Waals surface area contributed by atoms with E-state index in [2.05, 4.69) is 0 Å². The van der Waals surface area contributed by atoms with Crippen LogP contribution in [0.3, 0.4) is 0 Å². The van der Waals surface area contributed by atoms with Gasteiger partial charge in [0.25, 0.3) is 0 Å². The lowest BCUT2D eigenvalue weighted by atomic mass is 10.2. The van der Waals surface area contributed by atoms with Gasteiger partial charge < -0.3 is 4.90 Å². The van der Waals surface area contributed by atoms with Crippen LogP contribution in [0, 0.1) is 5.82 Å². The van der Waals surface area contributed by atoms with Crippen molar-refractivity contribution in [1.82, 2.24) is 4.90 Å². The number of hydrogen-bond donors (Lipinski definition) is 0. The fourth-order valence-corrected chi connectivity index (χ4v) is 2.43. The molecule has 0 radical (unpaired) electrons. The van der Waals surface area contributed by atoms with Crippen LogP contribution >= 0.6 is 23.2 Å². The van der Waals surface area contributed by atoms with E-state index in [9.17, 15) is 9.18 Å². The third-order valence-electron chi connectivity index (χ3n) is 3.06. The summed E-state index contributed by atoms with van der Waals surface area (Å²) in [7, 11) is 0. The monoisotopic (exact) mass is 275 g/mol. The molecule has 0 spiro atoms. The molecule has 1 aliphatic heterocycles. The number of amides is 1. The molecule has 2 nitrogen and oxygen atoms in total. The van der Waals surface area contributed by atoms with Crippen LogP contribution in [0.1, 0.15) is 25.3 Å². The Morgan fingerprint density at radius 1 is 1.41 bits per heavy atom. The molecule has 1 atom stereocenters. The molecule has 17 heavy (non-hydrogen) atoms. The number of carbonyl (C=O) groups excluding carboxylic acids is 1. The van der Waals surface area contributed by atoms with E-state index in [-0.39, 0.29) is 17.0 Å². The smallest absolute Gasteiger partial charge is 0.223 e. The van der Waals surface area contributed by atoms with E-state index < -0.39 is 5.82 Å². The Morgan fingerprint density at radius 3 is 2.71 bits per heavy atom. The molecule has 1 aromatic carbocycles. The number of carbonyl (C=O) groups is 1. The normalized spacial score (nSPS) is 20.1. The van der Waals surface area contributed by atoms with Crippen molar-refractivity contribution in [2.24, 2.45) is 0 Å². The lowest BCUT2D eigenvalue weighted by molar-refractivity contribution is -0.129. The maximum atomic E-state index is 13.3. The minimum atomic E-state index is -0.509. The molecule has 1 saturated heterocycles. The largest absolute Gasteiger partial charge is 0.336 e. The van der Waals surface area contributed by atoms with Crippen LogP contribution in [0.25, 0.3) is 0 Å². The number of halogens is 3. The second-order valence-corrected chi connectivity index (χ2v) is 5.08. The number of rotatable bonds is 2. The van der Waals surface area contributed by atoms with Crippen LogP contribution in [0.15, 0.2) is 12.1 Å². The van der Waals surface area contributed by atoms with Gasteiger partial charge >= 0.3 is 0 Å². The van der Waals surface area contributed by atoms with Gasteiger partial charge in [-0.05, 0) is 31.0 Å². The molecule has 0 unspecified atom stereocenters. The summed E-state index contributed by atoms with van der Waals surface area (Å²) in [5.74, 6) is -0.422. The van der Waals surface area contributed by atoms with Crippen molar-refractivity contribution in [3.63, 3.8) is 0 Å². The molecule has 1 heterocycles. The van der Waals surface area contributed by atoms with Crippen LogP contribution in [-0.2, 0) is 11.3 Å². The summed E-state index contributed by atoms with van der Waals surface area (Å²) in [6, 6.07) is 2.85. The highest BCUT2D eigenvalue weighted by Crippen LogP contribution is 2.28. The Bertz CT molecular complexity index is 464. The van der Waals surface area contributed by atoms with Gasteiger partial charge in [-0.2, -0.15) is 0 Å². The Hall–Kier alpha value is -0.800. The predicted octanol–water partition coefficient (Wildman–Crippen LogP) is 3.64. The zero-order valence-corrected chi connectivity index (χ0v) is 10.9. The summed E-state index contributed by atoms with van der Waals surface area (Å²) in [5, 5.41) is 0.392. The first kappa shape index (κ1) is 12.7. The molecule has 5 heteroatoms. The van der Waals surface area contributed by atoms with E-state index in [1.807, 2.05) is 6.92 Å². The third-order valence-corrected chi connectivity index (χ3v) is 3.70. The third kappa shape index (κ3) is 2.55. The molecule has 1 fully saturated rings. The minimum absolute atomic E-state index is 0.000420. The maximum absolute atomic E-state index is 13.3. The Morgan fingerprint density at radius 2 is 2.12 bits per heavy atom. The number of hydrogen-bond acceptors (Lipinski definition) is 1. The van der Waals surface area contributed by atoms with E-state index in [0.29, 0.717) is 23.6 Å². The van der Waals surface area contributed by atoms with Gasteiger partial charge in [0.1, 0.15) is 5.82 Å². The Balaban J connectivity index is 2.24. The van der Waals surface area contributed by atoms with Gasteiger partial charge in [0, 0.05) is 24.0 Å². The molecule has 0 bridgehead atoms. The summed E-state index contributed by atoms with van der Waals surface area (Å²) >= 11 is 11.6. The number of likely N-dealkylation sites (tertiary alicyclic amines) is 1. The van der Waals surface area contributed by atoms with E-state index in [1.54, 1.807) is 4.90 Å². The first-order chi connectivity index (χ1) is 7.99. The average Bonchev–Trinajstić information content (AvgIpc) is 2.57. The van der Waals surface area contributed by atoms with Crippen molar-refractivity contribution in [3.8, 4) is 0 Å². The summed E-state index contributed by atoms with van der Waals surface area (Å²) < 4.78 is 13.3. The molecular weight excluding hydrogens is 264 g/mol. The highest BCUT2D eigenvalue weighted by molar-refractivity contribution is 6.35. The van der Waals surface area contributed by atoms with Gasteiger partial charge in [0.05, 0.1) is 5.02 Å². The molecule has 1 aromatic rings. The van der Waals surface area contributed by atoms with Gasteiger partial charge in [0.2, 0.25) is 5.91 Å². The first-order valence-electron chi connectivity index (χ1n) is 5.42. The van der Waals surface area contributed by atoms with Crippen molar-refractivity contribution in [2.45, 2.75) is 32.4 Å². The molecule has 92 valence electrons. The molecule has 0 aliphatic carbocycles. The SMILES string of the molecule is C[C@@H]1CCC(=O)N1Cc1cc(F)c(Cl)cc1Cl. The van der Waals surface area contributed by atoms with E-state index in [4.69, 9.17) is 23.2 Å². The van der Waals surface area contributed by atoms with Crippen LogP contribution in [0.5, 0.6) is 0 Å². The van der Waals surface area contributed by atoms with Crippen molar-refractivity contribution in [1.29, 1.82) is 0 Å². The van der Waals surface area contributed by atoms with Gasteiger partial charge in [-0.1, -0.05) is 23.2 Å². The molecule has 0 aromatic heterocycles.